The van der Waals surface area contributed by atoms with Crippen molar-refractivity contribution < 1.29 is 4.79 Å². The third-order valence-corrected chi connectivity index (χ3v) is 2.94. The Hall–Kier alpha value is -1.39. The van der Waals surface area contributed by atoms with Gasteiger partial charge in [-0.1, -0.05) is 11.6 Å². The zero-order chi connectivity index (χ0) is 11.0. The van der Waals surface area contributed by atoms with E-state index in [4.69, 9.17) is 5.73 Å². The molecule has 82 valence electrons. The van der Waals surface area contributed by atoms with E-state index in [1.807, 2.05) is 18.5 Å². The van der Waals surface area contributed by atoms with Crippen molar-refractivity contribution in [2.45, 2.75) is 45.1 Å². The SMILES string of the molecule is CC(C)n1nnc(C(N)=O)c1C1CCC1. The molecule has 0 bridgehead atoms. The van der Waals surface area contributed by atoms with Crippen molar-refractivity contribution >= 4 is 5.91 Å². The van der Waals surface area contributed by atoms with Crippen LogP contribution in [0.2, 0.25) is 0 Å². The molecule has 2 N–H and O–H groups in total. The van der Waals surface area contributed by atoms with E-state index in [2.05, 4.69) is 10.3 Å². The summed E-state index contributed by atoms with van der Waals surface area (Å²) >= 11 is 0. The van der Waals surface area contributed by atoms with E-state index in [0.717, 1.165) is 18.5 Å². The van der Waals surface area contributed by atoms with Crippen LogP contribution in [0.4, 0.5) is 0 Å². The number of hydrogen-bond acceptors (Lipinski definition) is 3. The van der Waals surface area contributed by atoms with Gasteiger partial charge in [0.15, 0.2) is 5.69 Å². The Bertz CT molecular complexity index is 379. The fourth-order valence-electron chi connectivity index (χ4n) is 1.92. The Labute approximate surface area is 88.6 Å². The van der Waals surface area contributed by atoms with Gasteiger partial charge >= 0.3 is 0 Å². The predicted molar refractivity (Wildman–Crippen MR) is 55.5 cm³/mol. The number of nitrogens with zero attached hydrogens (tertiary/aromatic N) is 3. The van der Waals surface area contributed by atoms with Gasteiger partial charge in [0.1, 0.15) is 0 Å². The quantitative estimate of drug-likeness (QED) is 0.811. The lowest BCUT2D eigenvalue weighted by Gasteiger charge is -2.27. The lowest BCUT2D eigenvalue weighted by molar-refractivity contribution is 0.0993. The number of primary amides is 1. The van der Waals surface area contributed by atoms with Crippen molar-refractivity contribution in [1.82, 2.24) is 15.0 Å². The van der Waals surface area contributed by atoms with E-state index in [-0.39, 0.29) is 6.04 Å². The molecule has 2 rings (SSSR count). The minimum Gasteiger partial charge on any atom is -0.364 e. The Morgan fingerprint density at radius 1 is 1.53 bits per heavy atom. The van der Waals surface area contributed by atoms with Crippen LogP contribution in [0.15, 0.2) is 0 Å². The monoisotopic (exact) mass is 208 g/mol. The number of carbonyl (C=O) groups excluding carboxylic acids is 1. The molecular weight excluding hydrogens is 192 g/mol. The molecule has 5 nitrogen and oxygen atoms in total. The molecule has 0 atom stereocenters. The second-order valence-corrected chi connectivity index (χ2v) is 4.35. The van der Waals surface area contributed by atoms with Gasteiger partial charge in [-0.15, -0.1) is 5.10 Å². The second-order valence-electron chi connectivity index (χ2n) is 4.35. The molecule has 0 unspecified atom stereocenters. The summed E-state index contributed by atoms with van der Waals surface area (Å²) in [5.41, 5.74) is 6.58. The molecule has 0 spiro atoms. The van der Waals surface area contributed by atoms with Gasteiger partial charge in [0, 0.05) is 12.0 Å². The normalized spacial score (nSPS) is 16.7. The summed E-state index contributed by atoms with van der Waals surface area (Å²) in [5.74, 6) is -0.0475. The second kappa shape index (κ2) is 3.64. The van der Waals surface area contributed by atoms with Gasteiger partial charge in [-0.3, -0.25) is 4.79 Å². The standard InChI is InChI=1S/C10H16N4O/c1-6(2)14-9(7-4-3-5-7)8(10(11)15)12-13-14/h6-7H,3-5H2,1-2H3,(H2,11,15). The minimum absolute atomic E-state index is 0.223. The highest BCUT2D eigenvalue weighted by Crippen LogP contribution is 2.38. The maximum atomic E-state index is 11.2. The van der Waals surface area contributed by atoms with Crippen molar-refractivity contribution in [3.8, 4) is 0 Å². The molecule has 15 heavy (non-hydrogen) atoms. The number of nitrogens with two attached hydrogens (primary N) is 1. The predicted octanol–water partition coefficient (Wildman–Crippen LogP) is 1.23. The maximum absolute atomic E-state index is 11.2. The first kappa shape index (κ1) is 10.1. The summed E-state index contributed by atoms with van der Waals surface area (Å²) in [7, 11) is 0. The molecule has 0 aliphatic heterocycles. The first-order valence-corrected chi connectivity index (χ1v) is 5.36. The molecule has 1 amide bonds. The fourth-order valence-corrected chi connectivity index (χ4v) is 1.92. The van der Waals surface area contributed by atoms with E-state index in [0.29, 0.717) is 11.6 Å². The molecule has 0 radical (unpaired) electrons. The Balaban J connectivity index is 2.43. The molecular formula is C10H16N4O. The Morgan fingerprint density at radius 3 is 2.60 bits per heavy atom. The maximum Gasteiger partial charge on any atom is 0.271 e. The largest absolute Gasteiger partial charge is 0.364 e. The van der Waals surface area contributed by atoms with Gasteiger partial charge < -0.3 is 5.73 Å². The molecule has 1 aliphatic carbocycles. The number of amides is 1. The molecule has 5 heteroatoms. The first-order chi connectivity index (χ1) is 7.11. The van der Waals surface area contributed by atoms with Crippen molar-refractivity contribution in [3.05, 3.63) is 11.4 Å². The van der Waals surface area contributed by atoms with Crippen LogP contribution in [-0.4, -0.2) is 20.9 Å². The van der Waals surface area contributed by atoms with Gasteiger partial charge in [-0.25, -0.2) is 4.68 Å². The number of rotatable bonds is 3. The highest BCUT2D eigenvalue weighted by atomic mass is 16.1. The van der Waals surface area contributed by atoms with Gasteiger partial charge in [-0.2, -0.15) is 0 Å². The highest BCUT2D eigenvalue weighted by Gasteiger charge is 2.30. The average Bonchev–Trinajstić information content (AvgIpc) is 2.45. The topological polar surface area (TPSA) is 73.8 Å². The third kappa shape index (κ3) is 1.62. The average molecular weight is 208 g/mol. The van der Waals surface area contributed by atoms with E-state index in [1.165, 1.54) is 6.42 Å². The van der Waals surface area contributed by atoms with Gasteiger partial charge in [0.05, 0.1) is 5.69 Å². The lowest BCUT2D eigenvalue weighted by Crippen LogP contribution is -2.21. The molecule has 0 saturated heterocycles. The zero-order valence-electron chi connectivity index (χ0n) is 9.10. The Kier molecular flexibility index (Phi) is 2.46. The van der Waals surface area contributed by atoms with Crippen molar-refractivity contribution in [2.24, 2.45) is 5.73 Å². The lowest BCUT2D eigenvalue weighted by atomic mass is 9.82. The van der Waals surface area contributed by atoms with Gasteiger partial charge in [0.25, 0.3) is 5.91 Å². The highest BCUT2D eigenvalue weighted by molar-refractivity contribution is 5.92. The summed E-state index contributed by atoms with van der Waals surface area (Å²) < 4.78 is 1.82. The number of hydrogen-bond donors (Lipinski definition) is 1. The molecule has 1 heterocycles. The first-order valence-electron chi connectivity index (χ1n) is 5.36. The van der Waals surface area contributed by atoms with Crippen LogP contribution in [0.25, 0.3) is 0 Å². The van der Waals surface area contributed by atoms with E-state index in [9.17, 15) is 4.79 Å². The summed E-state index contributed by atoms with van der Waals surface area (Å²) in [6.45, 7) is 4.06. The van der Waals surface area contributed by atoms with Crippen LogP contribution in [0.3, 0.4) is 0 Å². The van der Waals surface area contributed by atoms with Crippen molar-refractivity contribution in [1.29, 1.82) is 0 Å². The van der Waals surface area contributed by atoms with Crippen molar-refractivity contribution in [3.63, 3.8) is 0 Å². The summed E-state index contributed by atoms with van der Waals surface area (Å²) in [6.07, 6.45) is 3.44. The fraction of sp³-hybridized carbons (Fsp3) is 0.700. The molecule has 1 aliphatic rings. The minimum atomic E-state index is -0.469. The van der Waals surface area contributed by atoms with E-state index < -0.39 is 5.91 Å². The smallest absolute Gasteiger partial charge is 0.271 e. The number of aromatic nitrogens is 3. The number of carbonyl (C=O) groups is 1. The Morgan fingerprint density at radius 2 is 2.20 bits per heavy atom. The van der Waals surface area contributed by atoms with Crippen LogP contribution in [0.1, 0.15) is 61.3 Å². The van der Waals surface area contributed by atoms with Crippen molar-refractivity contribution in [2.75, 3.05) is 0 Å². The molecule has 1 fully saturated rings. The summed E-state index contributed by atoms with van der Waals surface area (Å²) in [6, 6.07) is 0.223. The summed E-state index contributed by atoms with van der Waals surface area (Å²) in [5, 5.41) is 7.88. The summed E-state index contributed by atoms with van der Waals surface area (Å²) in [4.78, 5) is 11.2. The zero-order valence-corrected chi connectivity index (χ0v) is 9.10. The molecule has 1 aromatic heterocycles. The van der Waals surface area contributed by atoms with Crippen LogP contribution in [0, 0.1) is 0 Å². The van der Waals surface area contributed by atoms with E-state index in [1.54, 1.807) is 0 Å². The molecule has 0 aromatic carbocycles. The third-order valence-electron chi connectivity index (χ3n) is 2.94. The van der Waals surface area contributed by atoms with Gasteiger partial charge in [-0.05, 0) is 26.7 Å². The van der Waals surface area contributed by atoms with Gasteiger partial charge in [0.2, 0.25) is 0 Å². The van der Waals surface area contributed by atoms with Crippen LogP contribution >= 0.6 is 0 Å². The van der Waals surface area contributed by atoms with E-state index >= 15 is 0 Å². The van der Waals surface area contributed by atoms with Crippen LogP contribution in [-0.2, 0) is 0 Å². The van der Waals surface area contributed by atoms with Crippen LogP contribution in [0.5, 0.6) is 0 Å². The molecule has 1 saturated carbocycles. The van der Waals surface area contributed by atoms with Crippen LogP contribution < -0.4 is 5.73 Å². The molecule has 1 aromatic rings.